The number of carbonyl (C=O) groups excluding carboxylic acids is 2. The van der Waals surface area contributed by atoms with E-state index in [-0.39, 0.29) is 17.2 Å². The Balaban J connectivity index is 1.53. The number of methoxy groups -OCH3 is 1. The van der Waals surface area contributed by atoms with Crippen LogP contribution in [0, 0.1) is 5.41 Å². The highest BCUT2D eigenvalue weighted by Gasteiger charge is 2.51. The summed E-state index contributed by atoms with van der Waals surface area (Å²) >= 11 is 1.66. The third-order valence-corrected chi connectivity index (χ3v) is 5.81. The van der Waals surface area contributed by atoms with Crippen molar-refractivity contribution < 1.29 is 14.3 Å². The van der Waals surface area contributed by atoms with Gasteiger partial charge < -0.3 is 14.5 Å². The molecule has 1 unspecified atom stereocenters. The highest BCUT2D eigenvalue weighted by molar-refractivity contribution is 7.07. The van der Waals surface area contributed by atoms with Crippen molar-refractivity contribution >= 4 is 23.2 Å². The maximum Gasteiger partial charge on any atom is 0.230 e. The fourth-order valence-corrected chi connectivity index (χ4v) is 4.32. The van der Waals surface area contributed by atoms with Crippen LogP contribution in [0.25, 0.3) is 0 Å². The minimum absolute atomic E-state index is 0.177. The van der Waals surface area contributed by atoms with Gasteiger partial charge in [0.05, 0.1) is 12.0 Å². The minimum atomic E-state index is -0.328. The molecule has 0 saturated carbocycles. The average molecular weight is 336 g/mol. The summed E-state index contributed by atoms with van der Waals surface area (Å²) < 4.78 is 5.07. The van der Waals surface area contributed by atoms with Crippen LogP contribution in [0.5, 0.6) is 0 Å². The highest BCUT2D eigenvalue weighted by atomic mass is 32.1. The Kier molecular flexibility index (Phi) is 5.02. The van der Waals surface area contributed by atoms with Gasteiger partial charge in [0.25, 0.3) is 0 Å². The Morgan fingerprint density at radius 2 is 2.22 bits per heavy atom. The fraction of sp³-hybridized carbons (Fsp3) is 0.647. The molecular formula is C17H24N2O3S. The molecule has 126 valence electrons. The summed E-state index contributed by atoms with van der Waals surface area (Å²) in [5.41, 5.74) is 0.895. The van der Waals surface area contributed by atoms with Crippen molar-refractivity contribution in [3.05, 3.63) is 22.4 Å². The number of rotatable bonds is 6. The fourth-order valence-electron chi connectivity index (χ4n) is 3.62. The van der Waals surface area contributed by atoms with Crippen LogP contribution < -0.4 is 0 Å². The zero-order valence-corrected chi connectivity index (χ0v) is 14.4. The van der Waals surface area contributed by atoms with Crippen LogP contribution in [0.2, 0.25) is 0 Å². The quantitative estimate of drug-likeness (QED) is 0.796. The molecule has 6 heteroatoms. The first-order chi connectivity index (χ1) is 11.1. The SMILES string of the molecule is COCCN1CCC2(CCN(C(=O)CCc3ccsc3)C2)C1=O. The second-order valence-corrected chi connectivity index (χ2v) is 7.29. The molecule has 2 saturated heterocycles. The summed E-state index contributed by atoms with van der Waals surface area (Å²) in [6, 6.07) is 2.07. The molecule has 2 aliphatic heterocycles. The van der Waals surface area contributed by atoms with Gasteiger partial charge in [-0.05, 0) is 41.7 Å². The van der Waals surface area contributed by atoms with E-state index in [1.807, 2.05) is 15.2 Å². The molecule has 1 aromatic rings. The Morgan fingerprint density at radius 1 is 1.39 bits per heavy atom. The van der Waals surface area contributed by atoms with E-state index in [9.17, 15) is 9.59 Å². The maximum atomic E-state index is 12.7. The van der Waals surface area contributed by atoms with Crippen LogP contribution in [0.4, 0.5) is 0 Å². The van der Waals surface area contributed by atoms with Crippen molar-refractivity contribution in [2.45, 2.75) is 25.7 Å². The van der Waals surface area contributed by atoms with Gasteiger partial charge in [0.15, 0.2) is 0 Å². The number of ether oxygens (including phenoxy) is 1. The van der Waals surface area contributed by atoms with E-state index in [2.05, 4.69) is 11.4 Å². The van der Waals surface area contributed by atoms with Gasteiger partial charge >= 0.3 is 0 Å². The van der Waals surface area contributed by atoms with Crippen LogP contribution >= 0.6 is 11.3 Å². The first kappa shape index (κ1) is 16.5. The molecule has 2 aliphatic rings. The molecule has 0 radical (unpaired) electrons. The molecule has 0 aliphatic carbocycles. The summed E-state index contributed by atoms with van der Waals surface area (Å²) in [5.74, 6) is 0.388. The summed E-state index contributed by atoms with van der Waals surface area (Å²) in [5, 5.41) is 4.13. The predicted octanol–water partition coefficient (Wildman–Crippen LogP) is 1.78. The Bertz CT molecular complexity index is 560. The number of amides is 2. The molecule has 2 fully saturated rings. The van der Waals surface area contributed by atoms with Crippen LogP contribution in [0.15, 0.2) is 16.8 Å². The van der Waals surface area contributed by atoms with E-state index in [1.165, 1.54) is 5.56 Å². The van der Waals surface area contributed by atoms with Crippen molar-refractivity contribution in [3.8, 4) is 0 Å². The molecule has 0 bridgehead atoms. The van der Waals surface area contributed by atoms with E-state index in [1.54, 1.807) is 18.4 Å². The van der Waals surface area contributed by atoms with Gasteiger partial charge in [0.1, 0.15) is 0 Å². The van der Waals surface area contributed by atoms with Gasteiger partial charge in [-0.3, -0.25) is 9.59 Å². The summed E-state index contributed by atoms with van der Waals surface area (Å²) in [6.07, 6.45) is 3.00. The van der Waals surface area contributed by atoms with Crippen molar-refractivity contribution in [1.29, 1.82) is 0 Å². The molecular weight excluding hydrogens is 312 g/mol. The number of hydrogen-bond donors (Lipinski definition) is 0. The normalized spacial score (nSPS) is 24.1. The van der Waals surface area contributed by atoms with Crippen LogP contribution in [-0.4, -0.2) is 61.5 Å². The predicted molar refractivity (Wildman–Crippen MR) is 89.3 cm³/mol. The number of thiophene rings is 1. The molecule has 1 spiro atoms. The van der Waals surface area contributed by atoms with Crippen molar-refractivity contribution in [3.63, 3.8) is 0 Å². The zero-order valence-electron chi connectivity index (χ0n) is 13.6. The Labute approximate surface area is 141 Å². The smallest absolute Gasteiger partial charge is 0.230 e. The highest BCUT2D eigenvalue weighted by Crippen LogP contribution is 2.40. The summed E-state index contributed by atoms with van der Waals surface area (Å²) in [7, 11) is 1.65. The van der Waals surface area contributed by atoms with Crippen molar-refractivity contribution in [2.75, 3.05) is 39.9 Å². The van der Waals surface area contributed by atoms with Crippen LogP contribution in [0.1, 0.15) is 24.8 Å². The topological polar surface area (TPSA) is 49.9 Å². The van der Waals surface area contributed by atoms with Gasteiger partial charge in [0, 0.05) is 39.7 Å². The number of carbonyl (C=O) groups is 2. The number of aryl methyl sites for hydroxylation is 1. The maximum absolute atomic E-state index is 12.7. The lowest BCUT2D eigenvalue weighted by molar-refractivity contribution is -0.136. The molecule has 1 atom stereocenters. The average Bonchev–Trinajstić information content (AvgIpc) is 3.28. The third kappa shape index (κ3) is 3.43. The number of likely N-dealkylation sites (tertiary alicyclic amines) is 2. The van der Waals surface area contributed by atoms with E-state index in [0.717, 1.165) is 25.8 Å². The first-order valence-corrected chi connectivity index (χ1v) is 9.16. The van der Waals surface area contributed by atoms with Gasteiger partial charge in [-0.15, -0.1) is 0 Å². The number of hydrogen-bond acceptors (Lipinski definition) is 4. The Morgan fingerprint density at radius 3 is 2.96 bits per heavy atom. The standard InChI is InChI=1S/C17H24N2O3S/c1-22-10-9-18-7-5-17(16(18)21)6-8-19(13-17)15(20)3-2-14-4-11-23-12-14/h4,11-12H,2-3,5-10,13H2,1H3. The molecule has 0 aromatic carbocycles. The third-order valence-electron chi connectivity index (χ3n) is 5.08. The molecule has 2 amide bonds. The molecule has 3 heterocycles. The minimum Gasteiger partial charge on any atom is -0.383 e. The first-order valence-electron chi connectivity index (χ1n) is 8.22. The second kappa shape index (κ2) is 7.01. The van der Waals surface area contributed by atoms with Gasteiger partial charge in [-0.25, -0.2) is 0 Å². The van der Waals surface area contributed by atoms with Gasteiger partial charge in [0.2, 0.25) is 11.8 Å². The van der Waals surface area contributed by atoms with E-state index < -0.39 is 0 Å². The molecule has 23 heavy (non-hydrogen) atoms. The van der Waals surface area contributed by atoms with Crippen molar-refractivity contribution in [1.82, 2.24) is 9.80 Å². The zero-order chi connectivity index (χ0) is 16.3. The lowest BCUT2D eigenvalue weighted by Gasteiger charge is -2.23. The van der Waals surface area contributed by atoms with Crippen molar-refractivity contribution in [2.24, 2.45) is 5.41 Å². The van der Waals surface area contributed by atoms with E-state index in [4.69, 9.17) is 4.74 Å². The summed E-state index contributed by atoms with van der Waals surface area (Å²) in [6.45, 7) is 3.33. The van der Waals surface area contributed by atoms with Gasteiger partial charge in [-0.1, -0.05) is 0 Å². The van der Waals surface area contributed by atoms with Gasteiger partial charge in [-0.2, -0.15) is 11.3 Å². The molecule has 3 rings (SSSR count). The monoisotopic (exact) mass is 336 g/mol. The molecule has 0 N–H and O–H groups in total. The lowest BCUT2D eigenvalue weighted by Crippen LogP contribution is -2.39. The Hall–Kier alpha value is -1.40. The van der Waals surface area contributed by atoms with E-state index >= 15 is 0 Å². The van der Waals surface area contributed by atoms with Crippen LogP contribution in [0.3, 0.4) is 0 Å². The largest absolute Gasteiger partial charge is 0.383 e. The number of nitrogens with zero attached hydrogens (tertiary/aromatic N) is 2. The van der Waals surface area contributed by atoms with Crippen LogP contribution in [-0.2, 0) is 20.7 Å². The lowest BCUT2D eigenvalue weighted by atomic mass is 9.85. The molecule has 5 nitrogen and oxygen atoms in total. The molecule has 1 aromatic heterocycles. The second-order valence-electron chi connectivity index (χ2n) is 6.51. The van der Waals surface area contributed by atoms with E-state index in [0.29, 0.717) is 32.7 Å². The summed E-state index contributed by atoms with van der Waals surface area (Å²) in [4.78, 5) is 28.9.